The third-order valence-electron chi connectivity index (χ3n) is 3.94. The van der Waals surface area contributed by atoms with Crippen LogP contribution in [-0.4, -0.2) is 24.6 Å². The van der Waals surface area contributed by atoms with Crippen LogP contribution in [0.1, 0.15) is 25.7 Å². The second-order valence-electron chi connectivity index (χ2n) is 5.17. The van der Waals surface area contributed by atoms with Gasteiger partial charge in [-0.15, -0.1) is 0 Å². The minimum absolute atomic E-state index is 0.142. The number of hydrogen-bond donors (Lipinski definition) is 1. The van der Waals surface area contributed by atoms with E-state index in [0.29, 0.717) is 17.9 Å². The predicted molar refractivity (Wildman–Crippen MR) is 70.2 cm³/mol. The highest BCUT2D eigenvalue weighted by Crippen LogP contribution is 2.38. The van der Waals surface area contributed by atoms with Crippen LogP contribution in [0, 0.1) is 0 Å². The van der Waals surface area contributed by atoms with Gasteiger partial charge in [0, 0.05) is 6.07 Å². The number of ether oxygens (including phenoxy) is 1. The first-order chi connectivity index (χ1) is 9.13. The summed E-state index contributed by atoms with van der Waals surface area (Å²) in [6.45, 7) is 0. The number of urea groups is 1. The summed E-state index contributed by atoms with van der Waals surface area (Å²) in [6.07, 6.45) is 3.26. The molecule has 1 spiro atoms. The van der Waals surface area contributed by atoms with Crippen molar-refractivity contribution in [3.05, 3.63) is 24.3 Å². The Hall–Kier alpha value is -2.04. The van der Waals surface area contributed by atoms with Crippen LogP contribution < -0.4 is 15.0 Å². The summed E-state index contributed by atoms with van der Waals surface area (Å²) >= 11 is 0. The minimum atomic E-state index is -0.329. The van der Waals surface area contributed by atoms with E-state index in [1.165, 1.54) is 4.90 Å². The van der Waals surface area contributed by atoms with Crippen LogP contribution in [0.15, 0.2) is 24.3 Å². The molecule has 3 amide bonds. The first kappa shape index (κ1) is 12.0. The Morgan fingerprint density at radius 1 is 1.32 bits per heavy atom. The molecular formula is C14H16N2O3. The van der Waals surface area contributed by atoms with Gasteiger partial charge in [-0.1, -0.05) is 6.07 Å². The Labute approximate surface area is 111 Å². The molecule has 1 aromatic rings. The lowest BCUT2D eigenvalue weighted by Crippen LogP contribution is -2.65. The van der Waals surface area contributed by atoms with Gasteiger partial charge in [-0.05, 0) is 31.4 Å². The molecule has 1 saturated carbocycles. The second kappa shape index (κ2) is 4.26. The summed E-state index contributed by atoms with van der Waals surface area (Å²) in [4.78, 5) is 25.6. The van der Waals surface area contributed by atoms with Gasteiger partial charge >= 0.3 is 6.03 Å². The fourth-order valence-corrected chi connectivity index (χ4v) is 2.72. The van der Waals surface area contributed by atoms with E-state index >= 15 is 0 Å². The Morgan fingerprint density at radius 3 is 2.68 bits per heavy atom. The summed E-state index contributed by atoms with van der Waals surface area (Å²) in [5.41, 5.74) is 0.278. The first-order valence-corrected chi connectivity index (χ1v) is 6.43. The van der Waals surface area contributed by atoms with E-state index in [1.807, 2.05) is 0 Å². The molecule has 1 heterocycles. The van der Waals surface area contributed by atoms with Gasteiger partial charge in [0.15, 0.2) is 0 Å². The lowest BCUT2D eigenvalue weighted by Gasteiger charge is -2.47. The van der Waals surface area contributed by atoms with Crippen molar-refractivity contribution in [1.82, 2.24) is 5.32 Å². The summed E-state index contributed by atoms with van der Waals surface area (Å²) in [5.74, 6) is 0.485. The van der Waals surface area contributed by atoms with E-state index in [0.717, 1.165) is 19.3 Å². The zero-order valence-corrected chi connectivity index (χ0v) is 10.8. The number of methoxy groups -OCH3 is 1. The number of hydrogen-bond acceptors (Lipinski definition) is 3. The number of amides is 3. The highest BCUT2D eigenvalue weighted by Gasteiger charge is 2.47. The highest BCUT2D eigenvalue weighted by atomic mass is 16.5. The Morgan fingerprint density at radius 2 is 2.11 bits per heavy atom. The van der Waals surface area contributed by atoms with Crippen LogP contribution in [0.2, 0.25) is 0 Å². The third kappa shape index (κ3) is 1.95. The molecule has 1 aromatic carbocycles. The zero-order chi connectivity index (χ0) is 13.5. The summed E-state index contributed by atoms with van der Waals surface area (Å²) in [7, 11) is 1.56. The summed E-state index contributed by atoms with van der Waals surface area (Å²) in [5, 5.41) is 2.97. The summed E-state index contributed by atoms with van der Waals surface area (Å²) in [6, 6.07) is 6.64. The normalized spacial score (nSPS) is 21.0. The van der Waals surface area contributed by atoms with Crippen molar-refractivity contribution < 1.29 is 14.3 Å². The number of nitrogens with zero attached hydrogens (tertiary/aromatic N) is 1. The lowest BCUT2D eigenvalue weighted by atomic mass is 9.73. The Balaban J connectivity index is 1.88. The van der Waals surface area contributed by atoms with Crippen LogP contribution >= 0.6 is 0 Å². The minimum Gasteiger partial charge on any atom is -0.497 e. The number of rotatable bonds is 2. The molecule has 2 fully saturated rings. The van der Waals surface area contributed by atoms with Gasteiger partial charge in [0.1, 0.15) is 5.75 Å². The highest BCUT2D eigenvalue weighted by molar-refractivity contribution is 6.16. The molecule has 5 heteroatoms. The number of imide groups is 1. The summed E-state index contributed by atoms with van der Waals surface area (Å²) < 4.78 is 5.12. The van der Waals surface area contributed by atoms with Crippen LogP contribution in [0.4, 0.5) is 10.5 Å². The van der Waals surface area contributed by atoms with E-state index in [9.17, 15) is 9.59 Å². The van der Waals surface area contributed by atoms with Gasteiger partial charge < -0.3 is 10.1 Å². The monoisotopic (exact) mass is 260 g/mol. The van der Waals surface area contributed by atoms with Crippen molar-refractivity contribution in [3.8, 4) is 5.75 Å². The second-order valence-corrected chi connectivity index (χ2v) is 5.17. The van der Waals surface area contributed by atoms with E-state index in [2.05, 4.69) is 5.32 Å². The SMILES string of the molecule is COc1cccc(N2C(=O)CC3(CCC3)NC2=O)c1. The topological polar surface area (TPSA) is 58.6 Å². The predicted octanol–water partition coefficient (Wildman–Crippen LogP) is 2.06. The van der Waals surface area contributed by atoms with Crippen LogP contribution in [0.25, 0.3) is 0 Å². The fraction of sp³-hybridized carbons (Fsp3) is 0.429. The smallest absolute Gasteiger partial charge is 0.329 e. The van der Waals surface area contributed by atoms with Gasteiger partial charge in [-0.3, -0.25) is 4.79 Å². The van der Waals surface area contributed by atoms with Crippen molar-refractivity contribution in [2.45, 2.75) is 31.2 Å². The average Bonchev–Trinajstić information content (AvgIpc) is 2.36. The lowest BCUT2D eigenvalue weighted by molar-refractivity contribution is -0.121. The van der Waals surface area contributed by atoms with Gasteiger partial charge in [-0.25, -0.2) is 9.69 Å². The molecule has 5 nitrogen and oxygen atoms in total. The Bertz CT molecular complexity index is 517. The maximum Gasteiger partial charge on any atom is 0.329 e. The van der Waals surface area contributed by atoms with E-state index in [1.54, 1.807) is 31.4 Å². The fourth-order valence-electron chi connectivity index (χ4n) is 2.72. The number of nitrogens with one attached hydrogen (secondary N) is 1. The average molecular weight is 260 g/mol. The molecule has 0 unspecified atom stereocenters. The quantitative estimate of drug-likeness (QED) is 0.885. The van der Waals surface area contributed by atoms with Crippen molar-refractivity contribution in [2.75, 3.05) is 12.0 Å². The number of anilines is 1. The molecule has 1 aliphatic carbocycles. The number of benzene rings is 1. The molecule has 1 aliphatic heterocycles. The number of carbonyl (C=O) groups excluding carboxylic acids is 2. The molecule has 1 saturated heterocycles. The van der Waals surface area contributed by atoms with Crippen LogP contribution in [0.3, 0.4) is 0 Å². The molecule has 0 aromatic heterocycles. The molecule has 3 rings (SSSR count). The standard InChI is InChI=1S/C14H16N2O3/c1-19-11-5-2-4-10(8-11)16-12(17)9-14(6-3-7-14)15-13(16)18/h2,4-5,8H,3,6-7,9H2,1H3,(H,15,18). The van der Waals surface area contributed by atoms with Gasteiger partial charge in [-0.2, -0.15) is 0 Å². The van der Waals surface area contributed by atoms with Crippen molar-refractivity contribution >= 4 is 17.6 Å². The molecule has 0 radical (unpaired) electrons. The third-order valence-corrected chi connectivity index (χ3v) is 3.94. The first-order valence-electron chi connectivity index (χ1n) is 6.43. The zero-order valence-electron chi connectivity index (χ0n) is 10.8. The van der Waals surface area contributed by atoms with Gasteiger partial charge in [0.25, 0.3) is 0 Å². The number of carbonyl (C=O) groups is 2. The molecule has 100 valence electrons. The molecule has 2 aliphatic rings. The molecule has 0 bridgehead atoms. The van der Waals surface area contributed by atoms with E-state index in [-0.39, 0.29) is 17.5 Å². The molecule has 19 heavy (non-hydrogen) atoms. The maximum absolute atomic E-state index is 12.2. The van der Waals surface area contributed by atoms with Crippen molar-refractivity contribution in [1.29, 1.82) is 0 Å². The van der Waals surface area contributed by atoms with E-state index in [4.69, 9.17) is 4.74 Å². The maximum atomic E-state index is 12.2. The van der Waals surface area contributed by atoms with Gasteiger partial charge in [0.05, 0.1) is 24.8 Å². The van der Waals surface area contributed by atoms with Crippen LogP contribution in [-0.2, 0) is 4.79 Å². The van der Waals surface area contributed by atoms with Crippen molar-refractivity contribution in [2.24, 2.45) is 0 Å². The molecular weight excluding hydrogens is 244 g/mol. The molecule has 0 atom stereocenters. The molecule has 1 N–H and O–H groups in total. The van der Waals surface area contributed by atoms with E-state index < -0.39 is 0 Å². The van der Waals surface area contributed by atoms with Crippen molar-refractivity contribution in [3.63, 3.8) is 0 Å². The Kier molecular flexibility index (Phi) is 2.69. The van der Waals surface area contributed by atoms with Crippen LogP contribution in [0.5, 0.6) is 5.75 Å². The largest absolute Gasteiger partial charge is 0.497 e. The van der Waals surface area contributed by atoms with Gasteiger partial charge in [0.2, 0.25) is 5.91 Å².